The molecule has 0 bridgehead atoms. The van der Waals surface area contributed by atoms with E-state index in [1.54, 1.807) is 7.11 Å². The van der Waals surface area contributed by atoms with Crippen LogP contribution in [0.4, 0.5) is 0 Å². The van der Waals surface area contributed by atoms with Gasteiger partial charge in [0.05, 0.1) is 26.4 Å². The molecule has 0 aliphatic carbocycles. The van der Waals surface area contributed by atoms with Crippen molar-refractivity contribution in [3.63, 3.8) is 0 Å². The van der Waals surface area contributed by atoms with Gasteiger partial charge in [-0.2, -0.15) is 0 Å². The van der Waals surface area contributed by atoms with Crippen molar-refractivity contribution >= 4 is 30.9 Å². The first-order valence-electron chi connectivity index (χ1n) is 9.89. The van der Waals surface area contributed by atoms with Gasteiger partial charge in [0.1, 0.15) is 5.75 Å². The maximum Gasteiger partial charge on any atom is 0.192 e. The second kappa shape index (κ2) is 12.4. The molecule has 0 N–H and O–H groups in total. The van der Waals surface area contributed by atoms with Crippen LogP contribution < -0.4 is 4.74 Å². The highest BCUT2D eigenvalue weighted by molar-refractivity contribution is 14.1. The number of alkyl halides is 1. The normalized spacial score (nSPS) is 15.5. The Balaban J connectivity index is 2.65. The van der Waals surface area contributed by atoms with Gasteiger partial charge in [-0.3, -0.25) is 0 Å². The first kappa shape index (κ1) is 23.9. The first-order valence-corrected chi connectivity index (χ1v) is 13.9. The largest absolute Gasteiger partial charge is 0.497 e. The number of methoxy groups -OCH3 is 1. The molecule has 0 unspecified atom stereocenters. The monoisotopic (exact) mass is 492 g/mol. The molecule has 0 aliphatic rings. The van der Waals surface area contributed by atoms with Gasteiger partial charge in [-0.25, -0.2) is 0 Å². The van der Waals surface area contributed by atoms with Crippen LogP contribution in [0, 0.1) is 11.8 Å². The van der Waals surface area contributed by atoms with Crippen molar-refractivity contribution in [3.05, 3.63) is 29.8 Å². The van der Waals surface area contributed by atoms with E-state index < -0.39 is 8.32 Å². The summed E-state index contributed by atoms with van der Waals surface area (Å²) in [5.74, 6) is 1.83. The molecule has 0 radical (unpaired) electrons. The van der Waals surface area contributed by atoms with E-state index in [2.05, 4.69) is 69.3 Å². The molecule has 0 spiro atoms. The van der Waals surface area contributed by atoms with E-state index in [1.165, 1.54) is 23.7 Å². The summed E-state index contributed by atoms with van der Waals surface area (Å²) in [7, 11) is 0.0796. The maximum absolute atomic E-state index is 6.87. The quantitative estimate of drug-likeness (QED) is 0.184. The van der Waals surface area contributed by atoms with E-state index in [4.69, 9.17) is 13.9 Å². The van der Waals surface area contributed by atoms with Crippen molar-refractivity contribution in [2.45, 2.75) is 65.5 Å². The van der Waals surface area contributed by atoms with Crippen LogP contribution in [0.1, 0.15) is 40.2 Å². The van der Waals surface area contributed by atoms with E-state index in [0.29, 0.717) is 18.4 Å². The SMILES string of the molecule is CC[Si](CC)(CC)O[C@H]([C@@H](C)CI)[C@@H](C)COCc1ccc(OC)cc1. The number of halogens is 1. The minimum absolute atomic E-state index is 0.286. The van der Waals surface area contributed by atoms with Crippen LogP contribution >= 0.6 is 22.6 Å². The van der Waals surface area contributed by atoms with Gasteiger partial charge < -0.3 is 13.9 Å². The van der Waals surface area contributed by atoms with E-state index in [-0.39, 0.29) is 6.10 Å². The summed E-state index contributed by atoms with van der Waals surface area (Å²) < 4.78 is 19.2. The van der Waals surface area contributed by atoms with Crippen molar-refractivity contribution in [1.82, 2.24) is 0 Å². The third-order valence-electron chi connectivity index (χ3n) is 5.49. The molecular formula is C21H37IO3Si. The van der Waals surface area contributed by atoms with Crippen LogP contribution in [0.2, 0.25) is 18.1 Å². The molecule has 0 saturated heterocycles. The Labute approximate surface area is 175 Å². The first-order chi connectivity index (χ1) is 12.4. The Morgan fingerprint density at radius 2 is 1.54 bits per heavy atom. The minimum Gasteiger partial charge on any atom is -0.497 e. The lowest BCUT2D eigenvalue weighted by atomic mass is 9.96. The van der Waals surface area contributed by atoms with E-state index >= 15 is 0 Å². The van der Waals surface area contributed by atoms with E-state index in [1.807, 2.05) is 12.1 Å². The van der Waals surface area contributed by atoms with Crippen LogP contribution in [0.15, 0.2) is 24.3 Å². The molecule has 0 heterocycles. The molecule has 3 nitrogen and oxygen atoms in total. The predicted octanol–water partition coefficient (Wildman–Crippen LogP) is 6.31. The molecule has 0 fully saturated rings. The average molecular weight is 493 g/mol. The molecular weight excluding hydrogens is 455 g/mol. The standard InChI is InChI=1S/C21H37IO3Si/c1-7-26(8-2,9-3)25-21(17(4)14-22)18(5)15-24-16-19-10-12-20(23-6)13-11-19/h10-13,17-18,21H,7-9,14-16H2,1-6H3/t17-,18-,21+/m0/s1. The Morgan fingerprint density at radius 1 is 0.962 bits per heavy atom. The zero-order valence-corrected chi connectivity index (χ0v) is 20.5. The average Bonchev–Trinajstić information content (AvgIpc) is 2.69. The zero-order valence-electron chi connectivity index (χ0n) is 17.4. The molecule has 0 saturated carbocycles. The molecule has 0 amide bonds. The fraction of sp³-hybridized carbons (Fsp3) is 0.714. The zero-order chi connectivity index (χ0) is 19.6. The summed E-state index contributed by atoms with van der Waals surface area (Å²) in [4.78, 5) is 0. The Kier molecular flexibility index (Phi) is 11.4. The van der Waals surface area contributed by atoms with Crippen LogP contribution in [-0.4, -0.2) is 32.6 Å². The van der Waals surface area contributed by atoms with E-state index in [0.717, 1.165) is 16.8 Å². The van der Waals surface area contributed by atoms with Crippen LogP contribution in [-0.2, 0) is 15.8 Å². The van der Waals surface area contributed by atoms with Gasteiger partial charge in [-0.15, -0.1) is 0 Å². The van der Waals surface area contributed by atoms with Gasteiger partial charge in [0.15, 0.2) is 8.32 Å². The number of hydrogen-bond acceptors (Lipinski definition) is 3. The molecule has 0 aliphatic heterocycles. The van der Waals surface area contributed by atoms with Gasteiger partial charge in [0.2, 0.25) is 0 Å². The van der Waals surface area contributed by atoms with Crippen molar-refractivity contribution in [1.29, 1.82) is 0 Å². The summed E-state index contributed by atoms with van der Waals surface area (Å²) in [6.45, 7) is 12.9. The van der Waals surface area contributed by atoms with Gasteiger partial charge in [0, 0.05) is 10.3 Å². The molecule has 1 aromatic rings. The predicted molar refractivity (Wildman–Crippen MR) is 122 cm³/mol. The van der Waals surface area contributed by atoms with E-state index in [9.17, 15) is 0 Å². The minimum atomic E-state index is -1.61. The second-order valence-corrected chi connectivity index (χ2v) is 12.9. The lowest BCUT2D eigenvalue weighted by Gasteiger charge is -2.38. The molecule has 1 rings (SSSR count). The van der Waals surface area contributed by atoms with Gasteiger partial charge in [-0.1, -0.05) is 69.3 Å². The molecule has 3 atom stereocenters. The topological polar surface area (TPSA) is 27.7 Å². The Bertz CT molecular complexity index is 482. The lowest BCUT2D eigenvalue weighted by Crippen LogP contribution is -2.45. The number of ether oxygens (including phenoxy) is 2. The number of rotatable bonds is 13. The maximum atomic E-state index is 6.87. The fourth-order valence-corrected chi connectivity index (χ4v) is 6.89. The van der Waals surface area contributed by atoms with Gasteiger partial charge in [0.25, 0.3) is 0 Å². The highest BCUT2D eigenvalue weighted by atomic mass is 127. The summed E-state index contributed by atoms with van der Waals surface area (Å²) in [6.07, 6.45) is 0.286. The highest BCUT2D eigenvalue weighted by Crippen LogP contribution is 2.30. The summed E-state index contributed by atoms with van der Waals surface area (Å²) in [6, 6.07) is 11.7. The molecule has 0 aromatic heterocycles. The van der Waals surface area contributed by atoms with Crippen molar-refractivity contribution < 1.29 is 13.9 Å². The molecule has 1 aromatic carbocycles. The third kappa shape index (κ3) is 7.13. The molecule has 150 valence electrons. The Morgan fingerprint density at radius 3 is 2.00 bits per heavy atom. The molecule has 26 heavy (non-hydrogen) atoms. The fourth-order valence-electron chi connectivity index (χ4n) is 3.35. The van der Waals surface area contributed by atoms with Crippen molar-refractivity contribution in [2.75, 3.05) is 18.1 Å². The second-order valence-electron chi connectivity index (χ2n) is 7.30. The highest BCUT2D eigenvalue weighted by Gasteiger charge is 2.35. The van der Waals surface area contributed by atoms with Crippen LogP contribution in [0.25, 0.3) is 0 Å². The molecule has 5 heteroatoms. The van der Waals surface area contributed by atoms with Gasteiger partial charge in [-0.05, 0) is 41.7 Å². The summed E-state index contributed by atoms with van der Waals surface area (Å²) >= 11 is 2.49. The van der Waals surface area contributed by atoms with Crippen molar-refractivity contribution in [2.24, 2.45) is 11.8 Å². The van der Waals surface area contributed by atoms with Crippen LogP contribution in [0.5, 0.6) is 5.75 Å². The van der Waals surface area contributed by atoms with Gasteiger partial charge >= 0.3 is 0 Å². The van der Waals surface area contributed by atoms with Crippen LogP contribution in [0.3, 0.4) is 0 Å². The summed E-state index contributed by atoms with van der Waals surface area (Å²) in [5, 5.41) is 0. The Hall–Kier alpha value is -0.113. The van der Waals surface area contributed by atoms with Crippen molar-refractivity contribution in [3.8, 4) is 5.75 Å². The number of hydrogen-bond donors (Lipinski definition) is 0. The summed E-state index contributed by atoms with van der Waals surface area (Å²) in [5.41, 5.74) is 1.18. The smallest absolute Gasteiger partial charge is 0.192 e. The third-order valence-corrected chi connectivity index (χ3v) is 11.5. The lowest BCUT2D eigenvalue weighted by molar-refractivity contribution is 0.0169. The number of benzene rings is 1.